The number of halogens is 1. The van der Waals surface area contributed by atoms with E-state index in [0.29, 0.717) is 5.56 Å². The Bertz CT molecular complexity index is 616. The van der Waals surface area contributed by atoms with Crippen molar-refractivity contribution in [2.24, 2.45) is 0 Å². The lowest BCUT2D eigenvalue weighted by Crippen LogP contribution is -2.28. The molecule has 1 unspecified atom stereocenters. The lowest BCUT2D eigenvalue weighted by atomic mass is 10.1. The second-order valence-electron chi connectivity index (χ2n) is 4.49. The van der Waals surface area contributed by atoms with Crippen LogP contribution in [-0.4, -0.2) is 24.7 Å². The predicted molar refractivity (Wildman–Crippen MR) is 76.7 cm³/mol. The molecule has 1 amide bonds. The van der Waals surface area contributed by atoms with Crippen molar-refractivity contribution in [2.45, 2.75) is 6.10 Å². The highest BCUT2D eigenvalue weighted by Crippen LogP contribution is 2.18. The van der Waals surface area contributed by atoms with Gasteiger partial charge in [0.05, 0.1) is 13.2 Å². The van der Waals surface area contributed by atoms with Gasteiger partial charge in [0.25, 0.3) is 5.91 Å². The van der Waals surface area contributed by atoms with Crippen LogP contribution in [0.3, 0.4) is 0 Å². The van der Waals surface area contributed by atoms with Crippen molar-refractivity contribution in [3.8, 4) is 5.75 Å². The molecule has 0 saturated carbocycles. The van der Waals surface area contributed by atoms with Crippen LogP contribution in [0.1, 0.15) is 22.0 Å². The van der Waals surface area contributed by atoms with E-state index in [2.05, 4.69) is 5.32 Å². The molecular weight excluding hydrogens is 273 g/mol. The smallest absolute Gasteiger partial charge is 0.251 e. The van der Waals surface area contributed by atoms with Crippen LogP contribution in [0.2, 0.25) is 0 Å². The molecule has 0 fully saturated rings. The molecule has 110 valence electrons. The molecular formula is C16H16FNO3. The first-order chi connectivity index (χ1) is 10.1. The second kappa shape index (κ2) is 6.85. The molecule has 0 heterocycles. The highest BCUT2D eigenvalue weighted by Gasteiger charge is 2.12. The van der Waals surface area contributed by atoms with Crippen molar-refractivity contribution in [2.75, 3.05) is 13.7 Å². The van der Waals surface area contributed by atoms with Gasteiger partial charge in [-0.1, -0.05) is 30.3 Å². The quantitative estimate of drug-likeness (QED) is 0.888. The van der Waals surface area contributed by atoms with E-state index in [0.717, 1.165) is 6.07 Å². The van der Waals surface area contributed by atoms with E-state index >= 15 is 0 Å². The maximum atomic E-state index is 13.5. The number of hydrogen-bond donors (Lipinski definition) is 2. The fourth-order valence-corrected chi connectivity index (χ4v) is 1.89. The molecule has 0 aromatic heterocycles. The van der Waals surface area contributed by atoms with Gasteiger partial charge >= 0.3 is 0 Å². The minimum Gasteiger partial charge on any atom is -0.494 e. The summed E-state index contributed by atoms with van der Waals surface area (Å²) < 4.78 is 18.3. The Kier molecular flexibility index (Phi) is 4.90. The first-order valence-corrected chi connectivity index (χ1v) is 6.46. The largest absolute Gasteiger partial charge is 0.494 e. The normalized spacial score (nSPS) is 11.8. The molecule has 2 N–H and O–H groups in total. The number of methoxy groups -OCH3 is 1. The molecule has 0 aliphatic heterocycles. The van der Waals surface area contributed by atoms with Crippen molar-refractivity contribution >= 4 is 5.91 Å². The number of aliphatic hydroxyl groups is 1. The SMILES string of the molecule is COc1ccc(C(=O)NCC(O)c2ccccc2)cc1F. The van der Waals surface area contributed by atoms with Crippen molar-refractivity contribution < 1.29 is 19.0 Å². The molecule has 1 atom stereocenters. The van der Waals surface area contributed by atoms with Gasteiger partial charge < -0.3 is 15.2 Å². The number of nitrogens with one attached hydrogen (secondary N) is 1. The molecule has 0 bridgehead atoms. The Hall–Kier alpha value is -2.40. The average Bonchev–Trinajstić information content (AvgIpc) is 2.53. The lowest BCUT2D eigenvalue weighted by molar-refractivity contribution is 0.0916. The zero-order chi connectivity index (χ0) is 15.2. The fraction of sp³-hybridized carbons (Fsp3) is 0.188. The van der Waals surface area contributed by atoms with Crippen LogP contribution in [0.15, 0.2) is 48.5 Å². The van der Waals surface area contributed by atoms with Crippen LogP contribution in [0, 0.1) is 5.82 Å². The van der Waals surface area contributed by atoms with E-state index in [4.69, 9.17) is 4.74 Å². The summed E-state index contributed by atoms with van der Waals surface area (Å²) >= 11 is 0. The molecule has 0 aliphatic rings. The highest BCUT2D eigenvalue weighted by atomic mass is 19.1. The van der Waals surface area contributed by atoms with E-state index in [1.54, 1.807) is 24.3 Å². The molecule has 2 rings (SSSR count). The number of hydrogen-bond acceptors (Lipinski definition) is 3. The molecule has 0 radical (unpaired) electrons. The molecule has 0 aliphatic carbocycles. The summed E-state index contributed by atoms with van der Waals surface area (Å²) in [7, 11) is 1.36. The Morgan fingerprint density at radius 3 is 2.62 bits per heavy atom. The Labute approximate surface area is 122 Å². The third-order valence-corrected chi connectivity index (χ3v) is 3.05. The van der Waals surface area contributed by atoms with Gasteiger partial charge in [-0.05, 0) is 23.8 Å². The molecule has 5 heteroatoms. The number of benzene rings is 2. The standard InChI is InChI=1S/C16H16FNO3/c1-21-15-8-7-12(9-13(15)17)16(20)18-10-14(19)11-5-3-2-4-6-11/h2-9,14,19H,10H2,1H3,(H,18,20). The summed E-state index contributed by atoms with van der Waals surface area (Å²) in [6.07, 6.45) is -0.807. The molecule has 2 aromatic rings. The van der Waals surface area contributed by atoms with Gasteiger partial charge in [0.15, 0.2) is 11.6 Å². The van der Waals surface area contributed by atoms with Crippen LogP contribution >= 0.6 is 0 Å². The van der Waals surface area contributed by atoms with Gasteiger partial charge in [-0.25, -0.2) is 4.39 Å². The Morgan fingerprint density at radius 1 is 1.29 bits per heavy atom. The van der Waals surface area contributed by atoms with Crippen LogP contribution in [0.4, 0.5) is 4.39 Å². The molecule has 0 spiro atoms. The molecule has 2 aromatic carbocycles. The van der Waals surface area contributed by atoms with Crippen LogP contribution in [0.25, 0.3) is 0 Å². The summed E-state index contributed by atoms with van der Waals surface area (Å²) in [5, 5.41) is 12.5. The third-order valence-electron chi connectivity index (χ3n) is 3.05. The predicted octanol–water partition coefficient (Wildman–Crippen LogP) is 2.30. The summed E-state index contributed by atoms with van der Waals surface area (Å²) in [6.45, 7) is 0.0521. The van der Waals surface area contributed by atoms with Crippen LogP contribution < -0.4 is 10.1 Å². The van der Waals surface area contributed by atoms with Gasteiger partial charge in [0.1, 0.15) is 0 Å². The van der Waals surface area contributed by atoms with Gasteiger partial charge in [-0.15, -0.1) is 0 Å². The Morgan fingerprint density at radius 2 is 2.00 bits per heavy atom. The summed E-state index contributed by atoms with van der Waals surface area (Å²) in [4.78, 5) is 11.9. The van der Waals surface area contributed by atoms with E-state index in [-0.39, 0.29) is 17.9 Å². The molecule has 0 saturated heterocycles. The number of aliphatic hydroxyl groups excluding tert-OH is 1. The minimum atomic E-state index is -0.807. The maximum Gasteiger partial charge on any atom is 0.251 e. The van der Waals surface area contributed by atoms with Gasteiger partial charge in [-0.2, -0.15) is 0 Å². The van der Waals surface area contributed by atoms with E-state index in [1.807, 2.05) is 6.07 Å². The first-order valence-electron chi connectivity index (χ1n) is 6.46. The number of carbonyl (C=O) groups is 1. The van der Waals surface area contributed by atoms with Crippen molar-refractivity contribution in [3.05, 3.63) is 65.5 Å². The second-order valence-corrected chi connectivity index (χ2v) is 4.49. The van der Waals surface area contributed by atoms with Gasteiger partial charge in [0, 0.05) is 12.1 Å². The summed E-state index contributed by atoms with van der Waals surface area (Å²) in [5.74, 6) is -0.976. The van der Waals surface area contributed by atoms with Crippen LogP contribution in [-0.2, 0) is 0 Å². The summed E-state index contributed by atoms with van der Waals surface area (Å²) in [5.41, 5.74) is 0.882. The average molecular weight is 289 g/mol. The minimum absolute atomic E-state index is 0.0521. The third kappa shape index (κ3) is 3.79. The van der Waals surface area contributed by atoms with Crippen LogP contribution in [0.5, 0.6) is 5.75 Å². The highest BCUT2D eigenvalue weighted by molar-refractivity contribution is 5.94. The summed E-state index contributed by atoms with van der Waals surface area (Å²) in [6, 6.07) is 12.9. The van der Waals surface area contributed by atoms with E-state index in [9.17, 15) is 14.3 Å². The topological polar surface area (TPSA) is 58.6 Å². The fourth-order valence-electron chi connectivity index (χ4n) is 1.89. The van der Waals surface area contributed by atoms with Crippen molar-refractivity contribution in [1.82, 2.24) is 5.32 Å². The zero-order valence-corrected chi connectivity index (χ0v) is 11.5. The Balaban J connectivity index is 1.97. The number of ether oxygens (including phenoxy) is 1. The lowest BCUT2D eigenvalue weighted by Gasteiger charge is -2.12. The first kappa shape index (κ1) is 15.0. The number of carbonyl (C=O) groups excluding carboxylic acids is 1. The van der Waals surface area contributed by atoms with Gasteiger partial charge in [-0.3, -0.25) is 4.79 Å². The van der Waals surface area contributed by atoms with E-state index in [1.165, 1.54) is 19.2 Å². The van der Waals surface area contributed by atoms with Crippen molar-refractivity contribution in [3.63, 3.8) is 0 Å². The monoisotopic (exact) mass is 289 g/mol. The molecule has 4 nitrogen and oxygen atoms in total. The number of amides is 1. The van der Waals surface area contributed by atoms with Crippen molar-refractivity contribution in [1.29, 1.82) is 0 Å². The van der Waals surface area contributed by atoms with E-state index < -0.39 is 17.8 Å². The maximum absolute atomic E-state index is 13.5. The molecule has 21 heavy (non-hydrogen) atoms. The number of rotatable bonds is 5. The zero-order valence-electron chi connectivity index (χ0n) is 11.5. The van der Waals surface area contributed by atoms with Gasteiger partial charge in [0.2, 0.25) is 0 Å².